The van der Waals surface area contributed by atoms with Gasteiger partial charge in [-0.2, -0.15) is 11.3 Å². The first-order chi connectivity index (χ1) is 15.5. The number of carbonyl (C=O) groups is 2. The van der Waals surface area contributed by atoms with Gasteiger partial charge in [-0.3, -0.25) is 9.59 Å². The van der Waals surface area contributed by atoms with Crippen LogP contribution in [-0.4, -0.2) is 47.4 Å². The van der Waals surface area contributed by atoms with Gasteiger partial charge in [-0.1, -0.05) is 22.8 Å². The SMILES string of the molecule is O=C(COc1ccc(Cl)cc1C(=O)c1ccsc1)Nc1ccc(N2CC[S+]([O-])CC2)cc1. The van der Waals surface area contributed by atoms with Gasteiger partial charge in [0.05, 0.1) is 18.7 Å². The van der Waals surface area contributed by atoms with Crippen molar-refractivity contribution < 1.29 is 18.9 Å². The van der Waals surface area contributed by atoms with E-state index in [0.717, 1.165) is 18.8 Å². The summed E-state index contributed by atoms with van der Waals surface area (Å²) in [5.74, 6) is 1.12. The average molecular weight is 489 g/mol. The quantitative estimate of drug-likeness (QED) is 0.398. The largest absolute Gasteiger partial charge is 0.616 e. The number of hydrogen-bond acceptors (Lipinski definition) is 6. The van der Waals surface area contributed by atoms with Crippen LogP contribution in [0.3, 0.4) is 0 Å². The molecule has 6 nitrogen and oxygen atoms in total. The van der Waals surface area contributed by atoms with Gasteiger partial charge in [-0.25, -0.2) is 0 Å². The van der Waals surface area contributed by atoms with Gasteiger partial charge in [0, 0.05) is 27.3 Å². The summed E-state index contributed by atoms with van der Waals surface area (Å²) in [4.78, 5) is 27.3. The highest BCUT2D eigenvalue weighted by atomic mass is 35.5. The number of nitrogens with zero attached hydrogens (tertiary/aromatic N) is 1. The molecule has 1 amide bonds. The Balaban J connectivity index is 1.36. The van der Waals surface area contributed by atoms with Crippen molar-refractivity contribution >= 4 is 57.2 Å². The molecule has 3 aromatic rings. The van der Waals surface area contributed by atoms with Crippen LogP contribution in [-0.2, 0) is 16.0 Å². The number of amides is 1. The zero-order chi connectivity index (χ0) is 22.5. The number of hydrogen-bond donors (Lipinski definition) is 1. The van der Waals surface area contributed by atoms with Gasteiger partial charge < -0.3 is 19.5 Å². The second-order valence-electron chi connectivity index (χ2n) is 7.20. The molecule has 166 valence electrons. The Morgan fingerprint density at radius 1 is 1.12 bits per heavy atom. The minimum atomic E-state index is -0.721. The molecule has 1 aliphatic rings. The molecular formula is C23H21ClN2O4S2. The Bertz CT molecular complexity index is 1080. The smallest absolute Gasteiger partial charge is 0.262 e. The van der Waals surface area contributed by atoms with Crippen molar-refractivity contribution in [3.63, 3.8) is 0 Å². The molecule has 32 heavy (non-hydrogen) atoms. The van der Waals surface area contributed by atoms with Gasteiger partial charge in [0.15, 0.2) is 12.4 Å². The highest BCUT2D eigenvalue weighted by Crippen LogP contribution is 2.26. The number of anilines is 2. The summed E-state index contributed by atoms with van der Waals surface area (Å²) in [6.07, 6.45) is 0. The van der Waals surface area contributed by atoms with E-state index >= 15 is 0 Å². The van der Waals surface area contributed by atoms with E-state index in [4.69, 9.17) is 16.3 Å². The zero-order valence-electron chi connectivity index (χ0n) is 17.1. The topological polar surface area (TPSA) is 81.7 Å². The molecule has 1 saturated heterocycles. The van der Waals surface area contributed by atoms with E-state index in [-0.39, 0.29) is 18.3 Å². The zero-order valence-corrected chi connectivity index (χ0v) is 19.5. The van der Waals surface area contributed by atoms with Crippen molar-refractivity contribution in [2.24, 2.45) is 0 Å². The van der Waals surface area contributed by atoms with E-state index < -0.39 is 11.2 Å². The molecule has 2 aromatic carbocycles. The standard InChI is InChI=1S/C23H21ClN2O4S2/c24-17-1-6-21(20(13-17)23(28)16-7-10-31-15-16)30-14-22(27)25-18-2-4-19(5-3-18)26-8-11-32(29)12-9-26/h1-7,10,13,15H,8-9,11-12,14H2,(H,25,27). The number of nitrogens with one attached hydrogen (secondary N) is 1. The van der Waals surface area contributed by atoms with Gasteiger partial charge >= 0.3 is 0 Å². The molecule has 1 aromatic heterocycles. The van der Waals surface area contributed by atoms with E-state index in [1.54, 1.807) is 29.6 Å². The van der Waals surface area contributed by atoms with Crippen LogP contribution in [0.2, 0.25) is 5.02 Å². The van der Waals surface area contributed by atoms with Crippen molar-refractivity contribution in [2.75, 3.05) is 41.4 Å². The number of rotatable bonds is 7. The third-order valence-electron chi connectivity index (χ3n) is 5.02. The number of ether oxygens (including phenoxy) is 1. The minimum Gasteiger partial charge on any atom is -0.616 e. The molecule has 0 spiro atoms. The maximum Gasteiger partial charge on any atom is 0.262 e. The summed E-state index contributed by atoms with van der Waals surface area (Å²) < 4.78 is 17.2. The van der Waals surface area contributed by atoms with E-state index in [1.165, 1.54) is 11.3 Å². The number of thiophene rings is 1. The highest BCUT2D eigenvalue weighted by molar-refractivity contribution is 7.91. The van der Waals surface area contributed by atoms with Gasteiger partial charge in [-0.05, 0) is 53.9 Å². The molecule has 4 rings (SSSR count). The van der Waals surface area contributed by atoms with E-state index in [0.29, 0.717) is 39.1 Å². The van der Waals surface area contributed by atoms with Gasteiger partial charge in [0.1, 0.15) is 17.3 Å². The average Bonchev–Trinajstić information content (AvgIpc) is 3.34. The molecule has 1 fully saturated rings. The number of carbonyl (C=O) groups excluding carboxylic acids is 2. The third kappa shape index (κ3) is 5.63. The van der Waals surface area contributed by atoms with Crippen LogP contribution in [0.25, 0.3) is 0 Å². The van der Waals surface area contributed by atoms with Crippen LogP contribution >= 0.6 is 22.9 Å². The molecule has 0 atom stereocenters. The van der Waals surface area contributed by atoms with Crippen LogP contribution in [0.15, 0.2) is 59.3 Å². The fraction of sp³-hybridized carbons (Fsp3) is 0.217. The fourth-order valence-corrected chi connectivity index (χ4v) is 5.21. The highest BCUT2D eigenvalue weighted by Gasteiger charge is 2.20. The Morgan fingerprint density at radius 3 is 2.56 bits per heavy atom. The minimum absolute atomic E-state index is 0.207. The predicted octanol–water partition coefficient (Wildman–Crippen LogP) is 4.22. The maximum absolute atomic E-state index is 12.7. The number of halogens is 1. The van der Waals surface area contributed by atoms with Crippen LogP contribution in [0.4, 0.5) is 11.4 Å². The lowest BCUT2D eigenvalue weighted by atomic mass is 10.1. The molecule has 0 unspecified atom stereocenters. The van der Waals surface area contributed by atoms with Crippen molar-refractivity contribution in [1.29, 1.82) is 0 Å². The maximum atomic E-state index is 12.7. The summed E-state index contributed by atoms with van der Waals surface area (Å²) in [5.41, 5.74) is 2.55. The number of benzene rings is 2. The molecule has 9 heteroatoms. The third-order valence-corrected chi connectivity index (χ3v) is 7.22. The van der Waals surface area contributed by atoms with Gasteiger partial charge in [0.2, 0.25) is 0 Å². The van der Waals surface area contributed by atoms with Crippen molar-refractivity contribution in [3.8, 4) is 5.75 Å². The molecule has 0 bridgehead atoms. The van der Waals surface area contributed by atoms with E-state index in [2.05, 4.69) is 10.2 Å². The van der Waals surface area contributed by atoms with Crippen molar-refractivity contribution in [2.45, 2.75) is 0 Å². The lowest BCUT2D eigenvalue weighted by Gasteiger charge is -2.30. The molecule has 0 aliphatic carbocycles. The first-order valence-electron chi connectivity index (χ1n) is 9.99. The molecule has 0 saturated carbocycles. The summed E-state index contributed by atoms with van der Waals surface area (Å²) >= 11 is 6.77. The van der Waals surface area contributed by atoms with Crippen LogP contribution in [0.1, 0.15) is 15.9 Å². The Hall–Kier alpha value is -2.52. The lowest BCUT2D eigenvalue weighted by molar-refractivity contribution is -0.118. The van der Waals surface area contributed by atoms with Gasteiger partial charge in [-0.15, -0.1) is 0 Å². The normalized spacial score (nSPS) is 14.2. The first kappa shape index (κ1) is 22.7. The van der Waals surface area contributed by atoms with Crippen molar-refractivity contribution in [3.05, 3.63) is 75.4 Å². The predicted molar refractivity (Wildman–Crippen MR) is 130 cm³/mol. The lowest BCUT2D eigenvalue weighted by Crippen LogP contribution is -2.40. The van der Waals surface area contributed by atoms with Crippen molar-refractivity contribution in [1.82, 2.24) is 0 Å². The summed E-state index contributed by atoms with van der Waals surface area (Å²) in [6.45, 7) is 1.28. The second kappa shape index (κ2) is 10.4. The van der Waals surface area contributed by atoms with Gasteiger partial charge in [0.25, 0.3) is 5.91 Å². The van der Waals surface area contributed by atoms with Crippen LogP contribution < -0.4 is 15.0 Å². The Morgan fingerprint density at radius 2 is 1.88 bits per heavy atom. The Kier molecular flexibility index (Phi) is 7.36. The monoisotopic (exact) mass is 488 g/mol. The molecule has 1 aliphatic heterocycles. The molecule has 1 N–H and O–H groups in total. The fourth-order valence-electron chi connectivity index (χ4n) is 3.35. The summed E-state index contributed by atoms with van der Waals surface area (Å²) in [5, 5.41) is 6.79. The molecule has 2 heterocycles. The van der Waals surface area contributed by atoms with E-state index in [9.17, 15) is 14.1 Å². The summed E-state index contributed by atoms with van der Waals surface area (Å²) in [7, 11) is 0. The second-order valence-corrected chi connectivity index (χ2v) is 10.1. The Labute approximate surface area is 198 Å². The first-order valence-corrected chi connectivity index (χ1v) is 12.8. The molecular weight excluding hydrogens is 468 g/mol. The van der Waals surface area contributed by atoms with Crippen LogP contribution in [0, 0.1) is 0 Å². The van der Waals surface area contributed by atoms with E-state index in [1.807, 2.05) is 29.6 Å². The summed E-state index contributed by atoms with van der Waals surface area (Å²) in [6, 6.07) is 14.0. The molecule has 0 radical (unpaired) electrons. The number of ketones is 1. The van der Waals surface area contributed by atoms with Crippen LogP contribution in [0.5, 0.6) is 5.75 Å².